The highest BCUT2D eigenvalue weighted by atomic mass is 35.5. The summed E-state index contributed by atoms with van der Waals surface area (Å²) in [5.41, 5.74) is 0.655. The molecule has 0 amide bonds. The Balaban J connectivity index is 2.88. The molecule has 13 heavy (non-hydrogen) atoms. The molecule has 0 unspecified atom stereocenters. The molecule has 5 heteroatoms. The second-order valence-corrected chi connectivity index (χ2v) is 4.11. The quantitative estimate of drug-likeness (QED) is 0.775. The second kappa shape index (κ2) is 3.91. The van der Waals surface area contributed by atoms with E-state index >= 15 is 0 Å². The van der Waals surface area contributed by atoms with E-state index in [4.69, 9.17) is 16.2 Å². The summed E-state index contributed by atoms with van der Waals surface area (Å²) in [7, 11) is -4.05. The molecule has 0 saturated carbocycles. The van der Waals surface area contributed by atoms with Gasteiger partial charge in [0, 0.05) is 5.02 Å². The molecule has 0 atom stereocenters. The van der Waals surface area contributed by atoms with Crippen molar-refractivity contribution in [2.24, 2.45) is 0 Å². The van der Waals surface area contributed by atoms with Gasteiger partial charge in [-0.05, 0) is 23.8 Å². The lowest BCUT2D eigenvalue weighted by molar-refractivity contribution is 0.494. The fourth-order valence-corrected chi connectivity index (χ4v) is 1.19. The molecule has 0 saturated heterocycles. The van der Waals surface area contributed by atoms with Crippen LogP contribution in [0.3, 0.4) is 0 Å². The van der Waals surface area contributed by atoms with Crippen LogP contribution >= 0.6 is 11.6 Å². The van der Waals surface area contributed by atoms with Crippen molar-refractivity contribution in [3.8, 4) is 0 Å². The molecular formula is C8H7ClO3S. The van der Waals surface area contributed by atoms with E-state index < -0.39 is 10.1 Å². The van der Waals surface area contributed by atoms with Crippen LogP contribution in [-0.2, 0) is 10.1 Å². The summed E-state index contributed by atoms with van der Waals surface area (Å²) in [5.74, 6) is 0. The van der Waals surface area contributed by atoms with Gasteiger partial charge in [-0.25, -0.2) is 0 Å². The molecular weight excluding hydrogens is 212 g/mol. The highest BCUT2D eigenvalue weighted by Gasteiger charge is 1.95. The van der Waals surface area contributed by atoms with Crippen molar-refractivity contribution >= 4 is 27.8 Å². The first-order chi connectivity index (χ1) is 5.97. The van der Waals surface area contributed by atoms with Crippen LogP contribution in [0.4, 0.5) is 0 Å². The standard InChI is InChI=1S/C8H7ClO3S/c9-8-3-1-7(2-4-8)5-6-13(10,11)12/h1-6H,(H,10,11,12)/b6-5+. The molecule has 0 fully saturated rings. The van der Waals surface area contributed by atoms with Gasteiger partial charge in [-0.1, -0.05) is 23.7 Å². The summed E-state index contributed by atoms with van der Waals surface area (Å²) in [4.78, 5) is 0. The molecule has 0 aliphatic rings. The molecule has 1 aromatic rings. The first-order valence-electron chi connectivity index (χ1n) is 3.38. The van der Waals surface area contributed by atoms with Gasteiger partial charge in [0.1, 0.15) is 0 Å². The Bertz CT molecular complexity index is 406. The maximum atomic E-state index is 10.3. The summed E-state index contributed by atoms with van der Waals surface area (Å²) in [6.45, 7) is 0. The molecule has 0 aromatic heterocycles. The SMILES string of the molecule is O=S(=O)(O)/C=C/c1ccc(Cl)cc1. The van der Waals surface area contributed by atoms with Crippen molar-refractivity contribution in [2.75, 3.05) is 0 Å². The Labute approximate surface area is 81.4 Å². The predicted octanol–water partition coefficient (Wildman–Crippen LogP) is 2.20. The maximum Gasteiger partial charge on any atom is 0.287 e. The molecule has 1 aromatic carbocycles. The largest absolute Gasteiger partial charge is 0.287 e. The smallest absolute Gasteiger partial charge is 0.282 e. The molecule has 70 valence electrons. The number of rotatable bonds is 2. The van der Waals surface area contributed by atoms with Crippen LogP contribution in [0, 0.1) is 0 Å². The Morgan fingerprint density at radius 1 is 1.23 bits per heavy atom. The van der Waals surface area contributed by atoms with Gasteiger partial charge in [-0.15, -0.1) is 0 Å². The first-order valence-corrected chi connectivity index (χ1v) is 5.27. The van der Waals surface area contributed by atoms with Crippen LogP contribution in [0.15, 0.2) is 29.7 Å². The zero-order valence-corrected chi connectivity index (χ0v) is 8.09. The van der Waals surface area contributed by atoms with E-state index in [-0.39, 0.29) is 0 Å². The minimum Gasteiger partial charge on any atom is -0.282 e. The zero-order chi connectivity index (χ0) is 9.90. The first kappa shape index (κ1) is 10.2. The van der Waals surface area contributed by atoms with Gasteiger partial charge >= 0.3 is 0 Å². The van der Waals surface area contributed by atoms with Crippen molar-refractivity contribution in [3.63, 3.8) is 0 Å². The number of halogens is 1. The van der Waals surface area contributed by atoms with Gasteiger partial charge in [0.05, 0.1) is 5.41 Å². The molecule has 1 N–H and O–H groups in total. The number of benzene rings is 1. The third kappa shape index (κ3) is 4.07. The molecule has 0 heterocycles. The highest BCUT2D eigenvalue weighted by Crippen LogP contribution is 2.10. The van der Waals surface area contributed by atoms with Gasteiger partial charge in [0.25, 0.3) is 10.1 Å². The summed E-state index contributed by atoms with van der Waals surface area (Å²) in [6, 6.07) is 6.55. The van der Waals surface area contributed by atoms with Gasteiger partial charge in [0.15, 0.2) is 0 Å². The van der Waals surface area contributed by atoms with Crippen LogP contribution < -0.4 is 0 Å². The Kier molecular flexibility index (Phi) is 3.08. The van der Waals surface area contributed by atoms with E-state index in [0.29, 0.717) is 10.6 Å². The maximum absolute atomic E-state index is 10.3. The van der Waals surface area contributed by atoms with Crippen molar-refractivity contribution in [1.29, 1.82) is 0 Å². The van der Waals surface area contributed by atoms with E-state index in [2.05, 4.69) is 0 Å². The normalized spacial score (nSPS) is 12.2. The fraction of sp³-hybridized carbons (Fsp3) is 0. The monoisotopic (exact) mass is 218 g/mol. The number of hydrogen-bond acceptors (Lipinski definition) is 2. The Morgan fingerprint density at radius 2 is 1.77 bits per heavy atom. The summed E-state index contributed by atoms with van der Waals surface area (Å²) >= 11 is 5.61. The van der Waals surface area contributed by atoms with Gasteiger partial charge < -0.3 is 0 Å². The van der Waals surface area contributed by atoms with Gasteiger partial charge in [0.2, 0.25) is 0 Å². The predicted molar refractivity (Wildman–Crippen MR) is 52.0 cm³/mol. The average Bonchev–Trinajstić information content (AvgIpc) is 2.02. The van der Waals surface area contributed by atoms with Crippen molar-refractivity contribution < 1.29 is 13.0 Å². The molecule has 0 spiro atoms. The van der Waals surface area contributed by atoms with E-state index in [1.807, 2.05) is 0 Å². The van der Waals surface area contributed by atoms with E-state index in [1.165, 1.54) is 6.08 Å². The lowest BCUT2D eigenvalue weighted by Crippen LogP contribution is -1.88. The molecule has 0 radical (unpaired) electrons. The van der Waals surface area contributed by atoms with Crippen LogP contribution in [0.2, 0.25) is 5.02 Å². The lowest BCUT2D eigenvalue weighted by atomic mass is 10.2. The average molecular weight is 219 g/mol. The van der Waals surface area contributed by atoms with Crippen molar-refractivity contribution in [2.45, 2.75) is 0 Å². The molecule has 0 bridgehead atoms. The molecule has 0 aliphatic heterocycles. The van der Waals surface area contributed by atoms with Crippen molar-refractivity contribution in [3.05, 3.63) is 40.3 Å². The van der Waals surface area contributed by atoms with Crippen LogP contribution in [0.5, 0.6) is 0 Å². The molecule has 0 aliphatic carbocycles. The minimum atomic E-state index is -4.05. The zero-order valence-electron chi connectivity index (χ0n) is 6.51. The topological polar surface area (TPSA) is 54.4 Å². The molecule has 1 rings (SSSR count). The fourth-order valence-electron chi connectivity index (χ4n) is 0.738. The summed E-state index contributed by atoms with van der Waals surface area (Å²) < 4.78 is 29.0. The minimum absolute atomic E-state index is 0.573. The van der Waals surface area contributed by atoms with Gasteiger partial charge in [-0.2, -0.15) is 8.42 Å². The van der Waals surface area contributed by atoms with E-state index in [1.54, 1.807) is 24.3 Å². The lowest BCUT2D eigenvalue weighted by Gasteiger charge is -1.92. The second-order valence-electron chi connectivity index (χ2n) is 2.37. The van der Waals surface area contributed by atoms with Crippen molar-refractivity contribution in [1.82, 2.24) is 0 Å². The Hall–Kier alpha value is -0.840. The van der Waals surface area contributed by atoms with Crippen LogP contribution in [0.25, 0.3) is 6.08 Å². The van der Waals surface area contributed by atoms with Crippen LogP contribution in [0.1, 0.15) is 5.56 Å². The third-order valence-corrected chi connectivity index (χ3v) is 2.03. The van der Waals surface area contributed by atoms with E-state index in [0.717, 1.165) is 5.41 Å². The summed E-state index contributed by atoms with van der Waals surface area (Å²) in [6.07, 6.45) is 1.28. The number of hydrogen-bond donors (Lipinski definition) is 1. The van der Waals surface area contributed by atoms with Gasteiger partial charge in [-0.3, -0.25) is 4.55 Å². The van der Waals surface area contributed by atoms with E-state index in [9.17, 15) is 8.42 Å². The summed E-state index contributed by atoms with van der Waals surface area (Å²) in [5, 5.41) is 1.29. The highest BCUT2D eigenvalue weighted by molar-refractivity contribution is 7.88. The van der Waals surface area contributed by atoms with Crippen LogP contribution in [-0.4, -0.2) is 13.0 Å². The molecule has 3 nitrogen and oxygen atoms in total. The Morgan fingerprint density at radius 3 is 2.23 bits per heavy atom. The third-order valence-electron chi connectivity index (χ3n) is 1.30.